The average Bonchev–Trinajstić information content (AvgIpc) is 2.43. The molecule has 0 heterocycles. The lowest BCUT2D eigenvalue weighted by atomic mass is 10.2. The van der Waals surface area contributed by atoms with Crippen LogP contribution in [0.4, 0.5) is 0 Å². The molecule has 98 valence electrons. The van der Waals surface area contributed by atoms with E-state index in [0.717, 1.165) is 16.5 Å². The van der Waals surface area contributed by atoms with Crippen molar-refractivity contribution in [2.24, 2.45) is 0 Å². The highest BCUT2D eigenvalue weighted by atomic mass is 79.9. The Hall–Kier alpha value is -1.81. The van der Waals surface area contributed by atoms with Crippen molar-refractivity contribution < 1.29 is 14.3 Å². The molecule has 0 spiro atoms. The molecule has 19 heavy (non-hydrogen) atoms. The Labute approximate surface area is 120 Å². The molecule has 0 saturated heterocycles. The van der Waals surface area contributed by atoms with Crippen LogP contribution in [0, 0.1) is 0 Å². The zero-order valence-electron chi connectivity index (χ0n) is 10.4. The van der Waals surface area contributed by atoms with Gasteiger partial charge in [0.1, 0.15) is 17.2 Å². The van der Waals surface area contributed by atoms with Gasteiger partial charge < -0.3 is 9.47 Å². The third-order valence-electron chi connectivity index (χ3n) is 2.46. The summed E-state index contributed by atoms with van der Waals surface area (Å²) in [4.78, 5) is 11.0. The largest absolute Gasteiger partial charge is 0.494 e. The molecule has 0 aliphatic rings. The third kappa shape index (κ3) is 3.58. The summed E-state index contributed by atoms with van der Waals surface area (Å²) in [6.07, 6.45) is 0.772. The highest BCUT2D eigenvalue weighted by Crippen LogP contribution is 2.28. The van der Waals surface area contributed by atoms with Gasteiger partial charge in [-0.25, -0.2) is 0 Å². The molecule has 0 N–H and O–H groups in total. The van der Waals surface area contributed by atoms with Gasteiger partial charge in [0.15, 0.2) is 6.29 Å². The van der Waals surface area contributed by atoms with E-state index in [2.05, 4.69) is 15.9 Å². The first kappa shape index (κ1) is 13.6. The summed E-state index contributed by atoms with van der Waals surface area (Å²) in [7, 11) is 0. The average molecular weight is 321 g/mol. The van der Waals surface area contributed by atoms with E-state index in [4.69, 9.17) is 9.47 Å². The first-order valence-corrected chi connectivity index (χ1v) is 6.67. The molecular formula is C15H13BrO3. The number of aldehydes is 1. The maximum atomic E-state index is 11.0. The molecule has 0 aliphatic carbocycles. The van der Waals surface area contributed by atoms with E-state index < -0.39 is 0 Å². The molecule has 3 nitrogen and oxygen atoms in total. The smallest absolute Gasteiger partial charge is 0.153 e. The van der Waals surface area contributed by atoms with Gasteiger partial charge in [-0.2, -0.15) is 0 Å². The van der Waals surface area contributed by atoms with E-state index in [9.17, 15) is 4.79 Å². The van der Waals surface area contributed by atoms with Crippen LogP contribution in [0.1, 0.15) is 17.3 Å². The lowest BCUT2D eigenvalue weighted by Gasteiger charge is -2.09. The molecule has 0 atom stereocenters. The minimum Gasteiger partial charge on any atom is -0.494 e. The molecular weight excluding hydrogens is 308 g/mol. The van der Waals surface area contributed by atoms with Crippen LogP contribution in [0.5, 0.6) is 17.2 Å². The Bertz CT molecular complexity index is 564. The van der Waals surface area contributed by atoms with E-state index in [1.165, 1.54) is 0 Å². The predicted molar refractivity (Wildman–Crippen MR) is 77.2 cm³/mol. The summed E-state index contributed by atoms with van der Waals surface area (Å²) in [6.45, 7) is 2.56. The molecule has 0 saturated carbocycles. The van der Waals surface area contributed by atoms with Crippen LogP contribution in [-0.4, -0.2) is 12.9 Å². The van der Waals surface area contributed by atoms with E-state index in [1.54, 1.807) is 12.1 Å². The van der Waals surface area contributed by atoms with Crippen molar-refractivity contribution in [2.45, 2.75) is 6.92 Å². The fourth-order valence-corrected chi connectivity index (χ4v) is 1.98. The van der Waals surface area contributed by atoms with Gasteiger partial charge in [-0.05, 0) is 49.4 Å². The predicted octanol–water partition coefficient (Wildman–Crippen LogP) is 4.45. The van der Waals surface area contributed by atoms with Crippen molar-refractivity contribution in [3.63, 3.8) is 0 Å². The maximum absolute atomic E-state index is 11.0. The molecule has 2 rings (SSSR count). The molecule has 0 amide bonds. The zero-order valence-corrected chi connectivity index (χ0v) is 12.0. The Kier molecular flexibility index (Phi) is 4.58. The number of ether oxygens (including phenoxy) is 2. The topological polar surface area (TPSA) is 35.5 Å². The van der Waals surface area contributed by atoms with Gasteiger partial charge in [0, 0.05) is 4.47 Å². The molecule has 2 aromatic rings. The second-order valence-electron chi connectivity index (χ2n) is 3.81. The summed E-state index contributed by atoms with van der Waals surface area (Å²) < 4.78 is 11.9. The van der Waals surface area contributed by atoms with Gasteiger partial charge in [-0.3, -0.25) is 4.79 Å². The van der Waals surface area contributed by atoms with Crippen molar-refractivity contribution in [1.29, 1.82) is 0 Å². The summed E-state index contributed by atoms with van der Waals surface area (Å²) in [5.74, 6) is 1.98. The summed E-state index contributed by atoms with van der Waals surface area (Å²) >= 11 is 3.32. The molecule has 0 aromatic heterocycles. The Morgan fingerprint density at radius 1 is 1.11 bits per heavy atom. The van der Waals surface area contributed by atoms with E-state index in [-0.39, 0.29) is 0 Å². The number of hydrogen-bond donors (Lipinski definition) is 0. The highest BCUT2D eigenvalue weighted by molar-refractivity contribution is 9.10. The van der Waals surface area contributed by atoms with Crippen molar-refractivity contribution in [3.8, 4) is 17.2 Å². The summed E-state index contributed by atoms with van der Waals surface area (Å²) in [5, 5.41) is 0. The number of rotatable bonds is 5. The monoisotopic (exact) mass is 320 g/mol. The van der Waals surface area contributed by atoms with Gasteiger partial charge >= 0.3 is 0 Å². The number of carbonyl (C=O) groups excluding carboxylic acids is 1. The van der Waals surface area contributed by atoms with Crippen LogP contribution in [-0.2, 0) is 0 Å². The van der Waals surface area contributed by atoms with Crippen LogP contribution in [0.2, 0.25) is 0 Å². The quantitative estimate of drug-likeness (QED) is 0.763. The first-order chi connectivity index (χ1) is 9.22. The molecule has 0 bridgehead atoms. The van der Waals surface area contributed by atoms with E-state index in [1.807, 2.05) is 37.3 Å². The van der Waals surface area contributed by atoms with Crippen LogP contribution in [0.3, 0.4) is 0 Å². The normalized spacial score (nSPS) is 10.0. The first-order valence-electron chi connectivity index (χ1n) is 5.88. The fourth-order valence-electron chi connectivity index (χ4n) is 1.60. The van der Waals surface area contributed by atoms with Gasteiger partial charge in [0.25, 0.3) is 0 Å². The molecule has 0 radical (unpaired) electrons. The van der Waals surface area contributed by atoms with E-state index in [0.29, 0.717) is 23.7 Å². The Balaban J connectivity index is 2.18. The maximum Gasteiger partial charge on any atom is 0.153 e. The summed E-state index contributed by atoms with van der Waals surface area (Å²) in [5.41, 5.74) is 0.503. The van der Waals surface area contributed by atoms with Gasteiger partial charge in [-0.15, -0.1) is 0 Å². The van der Waals surface area contributed by atoms with Crippen molar-refractivity contribution in [3.05, 3.63) is 52.5 Å². The van der Waals surface area contributed by atoms with Gasteiger partial charge in [-0.1, -0.05) is 15.9 Å². The Morgan fingerprint density at radius 3 is 2.42 bits per heavy atom. The minimum absolute atomic E-state index is 0.503. The van der Waals surface area contributed by atoms with Gasteiger partial charge in [0.05, 0.1) is 12.2 Å². The molecule has 4 heteroatoms. The summed E-state index contributed by atoms with van der Waals surface area (Å²) in [6, 6.07) is 12.6. The standard InChI is InChI=1S/C15H13BrO3/c1-2-18-13-4-6-14(7-5-13)19-15-8-3-12(16)9-11(15)10-17/h3-10H,2H2,1H3. The second-order valence-corrected chi connectivity index (χ2v) is 4.72. The lowest BCUT2D eigenvalue weighted by Crippen LogP contribution is -1.92. The van der Waals surface area contributed by atoms with Crippen molar-refractivity contribution in [2.75, 3.05) is 6.61 Å². The fraction of sp³-hybridized carbons (Fsp3) is 0.133. The van der Waals surface area contributed by atoms with Crippen molar-refractivity contribution in [1.82, 2.24) is 0 Å². The number of halogens is 1. The molecule has 0 aliphatic heterocycles. The van der Waals surface area contributed by atoms with Crippen LogP contribution < -0.4 is 9.47 Å². The lowest BCUT2D eigenvalue weighted by molar-refractivity contribution is 0.112. The van der Waals surface area contributed by atoms with Crippen LogP contribution >= 0.6 is 15.9 Å². The molecule has 0 fully saturated rings. The molecule has 0 unspecified atom stereocenters. The number of carbonyl (C=O) groups is 1. The van der Waals surface area contributed by atoms with E-state index >= 15 is 0 Å². The van der Waals surface area contributed by atoms with Gasteiger partial charge in [0.2, 0.25) is 0 Å². The van der Waals surface area contributed by atoms with Crippen LogP contribution in [0.25, 0.3) is 0 Å². The van der Waals surface area contributed by atoms with Crippen LogP contribution in [0.15, 0.2) is 46.9 Å². The molecule has 2 aromatic carbocycles. The number of benzene rings is 2. The second kappa shape index (κ2) is 6.38. The number of hydrogen-bond acceptors (Lipinski definition) is 3. The highest BCUT2D eigenvalue weighted by Gasteiger charge is 2.05. The Morgan fingerprint density at radius 2 is 1.79 bits per heavy atom. The zero-order chi connectivity index (χ0) is 13.7. The van der Waals surface area contributed by atoms with Crippen molar-refractivity contribution >= 4 is 22.2 Å². The SMILES string of the molecule is CCOc1ccc(Oc2ccc(Br)cc2C=O)cc1. The third-order valence-corrected chi connectivity index (χ3v) is 2.95. The minimum atomic E-state index is 0.503.